The van der Waals surface area contributed by atoms with E-state index in [1.165, 1.54) is 12.1 Å². The van der Waals surface area contributed by atoms with E-state index in [1.807, 2.05) is 13.0 Å². The van der Waals surface area contributed by atoms with E-state index in [9.17, 15) is 14.0 Å². The van der Waals surface area contributed by atoms with Crippen LogP contribution in [-0.4, -0.2) is 21.1 Å². The molecule has 0 aliphatic carbocycles. The minimum absolute atomic E-state index is 0.0919. The van der Waals surface area contributed by atoms with Crippen molar-refractivity contribution in [2.24, 2.45) is 0 Å². The number of carbonyl (C=O) groups is 1. The molecule has 0 bridgehead atoms. The van der Waals surface area contributed by atoms with E-state index >= 15 is 0 Å². The van der Waals surface area contributed by atoms with Gasteiger partial charge in [0.25, 0.3) is 5.56 Å². The van der Waals surface area contributed by atoms with Crippen LogP contribution < -0.4 is 10.9 Å². The van der Waals surface area contributed by atoms with Gasteiger partial charge in [-0.15, -0.1) is 10.2 Å². The molecule has 2 aromatic carbocycles. The van der Waals surface area contributed by atoms with Crippen LogP contribution in [0.25, 0.3) is 11.4 Å². The molecule has 0 radical (unpaired) electrons. The number of aromatic amines is 1. The Kier molecular flexibility index (Phi) is 6.16. The van der Waals surface area contributed by atoms with Crippen LogP contribution in [0.2, 0.25) is 5.02 Å². The third kappa shape index (κ3) is 5.01. The molecule has 0 unspecified atom stereocenters. The van der Waals surface area contributed by atoms with Crippen molar-refractivity contribution in [2.45, 2.75) is 26.3 Å². The van der Waals surface area contributed by atoms with Crippen LogP contribution in [0.1, 0.15) is 23.2 Å². The van der Waals surface area contributed by atoms with E-state index in [1.54, 1.807) is 24.3 Å². The topological polar surface area (TPSA) is 87.7 Å². The Morgan fingerprint density at radius 3 is 2.61 bits per heavy atom. The molecule has 0 saturated carbocycles. The Hall–Kier alpha value is -3.06. The summed E-state index contributed by atoms with van der Waals surface area (Å²) in [5.74, 6) is -0.249. The molecule has 1 heterocycles. The van der Waals surface area contributed by atoms with Crippen LogP contribution in [0.3, 0.4) is 0 Å². The van der Waals surface area contributed by atoms with Crippen LogP contribution in [0.4, 0.5) is 4.39 Å². The van der Waals surface area contributed by atoms with E-state index in [0.29, 0.717) is 16.4 Å². The van der Waals surface area contributed by atoms with Gasteiger partial charge in [-0.1, -0.05) is 35.9 Å². The second kappa shape index (κ2) is 8.75. The number of nitrogens with one attached hydrogen (secondary N) is 2. The fourth-order valence-corrected chi connectivity index (χ4v) is 2.70. The zero-order valence-electron chi connectivity index (χ0n) is 15.1. The van der Waals surface area contributed by atoms with Crippen LogP contribution in [-0.2, 0) is 17.8 Å². The number of hydrogen-bond acceptors (Lipinski definition) is 4. The van der Waals surface area contributed by atoms with E-state index < -0.39 is 5.56 Å². The van der Waals surface area contributed by atoms with Gasteiger partial charge in [0.15, 0.2) is 5.82 Å². The highest BCUT2D eigenvalue weighted by molar-refractivity contribution is 6.31. The number of benzene rings is 2. The molecule has 1 aromatic heterocycles. The molecule has 0 fully saturated rings. The summed E-state index contributed by atoms with van der Waals surface area (Å²) < 4.78 is 12.9. The number of nitrogens with zero attached hydrogens (tertiary/aromatic N) is 2. The summed E-state index contributed by atoms with van der Waals surface area (Å²) in [6.45, 7) is 2.17. The summed E-state index contributed by atoms with van der Waals surface area (Å²) >= 11 is 6.10. The first-order valence-electron chi connectivity index (χ1n) is 8.66. The molecule has 1 amide bonds. The van der Waals surface area contributed by atoms with Gasteiger partial charge in [-0.25, -0.2) is 4.39 Å². The minimum Gasteiger partial charge on any atom is -0.352 e. The van der Waals surface area contributed by atoms with E-state index in [-0.39, 0.29) is 36.8 Å². The van der Waals surface area contributed by atoms with Crippen molar-refractivity contribution < 1.29 is 9.18 Å². The van der Waals surface area contributed by atoms with Gasteiger partial charge in [-0.2, -0.15) is 0 Å². The maximum absolute atomic E-state index is 12.9. The number of carbonyl (C=O) groups excluding carboxylic acids is 1. The Labute approximate surface area is 165 Å². The lowest BCUT2D eigenvalue weighted by atomic mass is 10.1. The Balaban J connectivity index is 1.58. The Bertz CT molecular complexity index is 1050. The van der Waals surface area contributed by atoms with Crippen molar-refractivity contribution in [3.05, 3.63) is 80.5 Å². The van der Waals surface area contributed by atoms with Gasteiger partial charge in [-0.3, -0.25) is 9.59 Å². The predicted molar refractivity (Wildman–Crippen MR) is 104 cm³/mol. The molecule has 0 spiro atoms. The first-order chi connectivity index (χ1) is 13.4. The van der Waals surface area contributed by atoms with Gasteiger partial charge >= 0.3 is 0 Å². The second-order valence-electron chi connectivity index (χ2n) is 6.32. The van der Waals surface area contributed by atoms with E-state index in [4.69, 9.17) is 11.6 Å². The average Bonchev–Trinajstić information content (AvgIpc) is 2.68. The molecule has 3 rings (SSSR count). The predicted octanol–water partition coefficient (Wildman–Crippen LogP) is 3.18. The van der Waals surface area contributed by atoms with Crippen LogP contribution in [0.15, 0.2) is 47.3 Å². The zero-order chi connectivity index (χ0) is 20.1. The molecule has 2 N–H and O–H groups in total. The van der Waals surface area contributed by atoms with Gasteiger partial charge in [0.1, 0.15) is 11.5 Å². The van der Waals surface area contributed by atoms with Gasteiger partial charge in [0.05, 0.1) is 0 Å². The number of H-pyrrole nitrogens is 1. The molecule has 144 valence electrons. The Morgan fingerprint density at radius 2 is 1.93 bits per heavy atom. The SMILES string of the molecule is Cc1ccc(-c2nnc(CCC(=O)NCc3ccc(F)cc3)c(=O)[nH]2)cc1Cl. The van der Waals surface area contributed by atoms with E-state index in [2.05, 4.69) is 20.5 Å². The maximum Gasteiger partial charge on any atom is 0.273 e. The molecule has 0 atom stereocenters. The molecule has 0 aliphatic heterocycles. The molecule has 0 saturated heterocycles. The third-order valence-electron chi connectivity index (χ3n) is 4.20. The molecule has 0 aliphatic rings. The number of aryl methyl sites for hydroxylation is 2. The van der Waals surface area contributed by atoms with Crippen LogP contribution in [0, 0.1) is 12.7 Å². The first-order valence-corrected chi connectivity index (χ1v) is 9.04. The van der Waals surface area contributed by atoms with Crippen molar-refractivity contribution in [1.29, 1.82) is 0 Å². The van der Waals surface area contributed by atoms with Gasteiger partial charge < -0.3 is 10.3 Å². The Morgan fingerprint density at radius 1 is 1.18 bits per heavy atom. The smallest absolute Gasteiger partial charge is 0.273 e. The standard InChI is InChI=1S/C20H18ClFN4O2/c1-12-2-5-14(10-16(12)21)19-24-20(28)17(25-26-19)8-9-18(27)23-11-13-3-6-15(22)7-4-13/h2-7,10H,8-9,11H2,1H3,(H,23,27)(H,24,26,28). The van der Waals surface area contributed by atoms with Crippen molar-refractivity contribution in [2.75, 3.05) is 0 Å². The lowest BCUT2D eigenvalue weighted by Crippen LogP contribution is -2.25. The maximum atomic E-state index is 12.9. The van der Waals surface area contributed by atoms with Crippen molar-refractivity contribution >= 4 is 17.5 Å². The lowest BCUT2D eigenvalue weighted by molar-refractivity contribution is -0.121. The second-order valence-corrected chi connectivity index (χ2v) is 6.72. The highest BCUT2D eigenvalue weighted by Crippen LogP contribution is 2.21. The summed E-state index contributed by atoms with van der Waals surface area (Å²) in [5.41, 5.74) is 2.15. The van der Waals surface area contributed by atoms with Crippen LogP contribution in [0.5, 0.6) is 0 Å². The zero-order valence-corrected chi connectivity index (χ0v) is 15.9. The quantitative estimate of drug-likeness (QED) is 0.665. The largest absolute Gasteiger partial charge is 0.352 e. The normalized spacial score (nSPS) is 10.7. The number of amides is 1. The molecule has 28 heavy (non-hydrogen) atoms. The van der Waals surface area contributed by atoms with Gasteiger partial charge in [0.2, 0.25) is 5.91 Å². The monoisotopic (exact) mass is 400 g/mol. The van der Waals surface area contributed by atoms with Gasteiger partial charge in [0, 0.05) is 30.0 Å². The van der Waals surface area contributed by atoms with E-state index in [0.717, 1.165) is 11.1 Å². The number of rotatable bonds is 6. The summed E-state index contributed by atoms with van der Waals surface area (Å²) in [6.07, 6.45) is 0.251. The fraction of sp³-hybridized carbons (Fsp3) is 0.200. The van der Waals surface area contributed by atoms with Crippen molar-refractivity contribution in [1.82, 2.24) is 20.5 Å². The highest BCUT2D eigenvalue weighted by Gasteiger charge is 2.10. The summed E-state index contributed by atoms with van der Waals surface area (Å²) in [4.78, 5) is 26.9. The summed E-state index contributed by atoms with van der Waals surface area (Å²) in [5, 5.41) is 11.3. The molecular formula is C20H18ClFN4O2. The summed E-state index contributed by atoms with van der Waals surface area (Å²) in [6, 6.07) is 11.2. The molecule has 8 heteroatoms. The van der Waals surface area contributed by atoms with Gasteiger partial charge in [-0.05, 0) is 36.2 Å². The number of aromatic nitrogens is 3. The number of halogens is 2. The summed E-state index contributed by atoms with van der Waals surface area (Å²) in [7, 11) is 0. The number of hydrogen-bond donors (Lipinski definition) is 2. The molecular weight excluding hydrogens is 383 g/mol. The average molecular weight is 401 g/mol. The molecule has 3 aromatic rings. The third-order valence-corrected chi connectivity index (χ3v) is 4.61. The fourth-order valence-electron chi connectivity index (χ4n) is 2.52. The van der Waals surface area contributed by atoms with Crippen LogP contribution >= 0.6 is 11.6 Å². The first kappa shape index (κ1) is 19.7. The minimum atomic E-state index is -0.395. The van der Waals surface area contributed by atoms with Crippen molar-refractivity contribution in [3.8, 4) is 11.4 Å². The highest BCUT2D eigenvalue weighted by atomic mass is 35.5. The lowest BCUT2D eigenvalue weighted by Gasteiger charge is -2.06. The molecule has 6 nitrogen and oxygen atoms in total. The van der Waals surface area contributed by atoms with Crippen molar-refractivity contribution in [3.63, 3.8) is 0 Å².